The van der Waals surface area contributed by atoms with Crippen molar-refractivity contribution in [3.63, 3.8) is 0 Å². The van der Waals surface area contributed by atoms with Gasteiger partial charge in [-0.3, -0.25) is 4.79 Å². The average molecular weight is 254 g/mol. The Bertz CT molecular complexity index is 268. The molecule has 0 saturated carbocycles. The zero-order chi connectivity index (χ0) is 13.0. The van der Waals surface area contributed by atoms with Crippen molar-refractivity contribution >= 4 is 5.91 Å². The Labute approximate surface area is 110 Å². The topological polar surface area (TPSA) is 38.8 Å². The van der Waals surface area contributed by atoms with E-state index in [0.29, 0.717) is 12.6 Å². The third-order valence-electron chi connectivity index (χ3n) is 4.12. The Morgan fingerprint density at radius 2 is 1.56 bits per heavy atom. The Balaban J connectivity index is 1.65. The van der Waals surface area contributed by atoms with Crippen LogP contribution in [0.15, 0.2) is 0 Å². The van der Waals surface area contributed by atoms with Crippen LogP contribution in [-0.2, 0) is 4.79 Å². The Morgan fingerprint density at radius 1 is 1.00 bits per heavy atom. The highest BCUT2D eigenvalue weighted by Crippen LogP contribution is 2.08. The molecule has 5 heteroatoms. The molecule has 0 atom stereocenters. The van der Waals surface area contributed by atoms with Crippen molar-refractivity contribution < 1.29 is 4.79 Å². The Kier molecular flexibility index (Phi) is 4.97. The molecular weight excluding hydrogens is 228 g/mol. The second-order valence-electron chi connectivity index (χ2n) is 5.64. The number of amides is 1. The van der Waals surface area contributed by atoms with E-state index in [1.165, 1.54) is 0 Å². The molecule has 2 heterocycles. The molecule has 0 radical (unpaired) electrons. The van der Waals surface area contributed by atoms with Gasteiger partial charge in [0.1, 0.15) is 0 Å². The van der Waals surface area contributed by atoms with Crippen molar-refractivity contribution in [1.82, 2.24) is 20.0 Å². The van der Waals surface area contributed by atoms with Gasteiger partial charge in [-0.25, -0.2) is 0 Å². The van der Waals surface area contributed by atoms with Crippen LogP contribution in [0.2, 0.25) is 0 Å². The Morgan fingerprint density at radius 3 is 2.17 bits per heavy atom. The van der Waals surface area contributed by atoms with Crippen LogP contribution in [0.4, 0.5) is 0 Å². The normalized spacial score (nSPS) is 24.4. The predicted octanol–water partition coefficient (Wildman–Crippen LogP) is -0.556. The zero-order valence-electron chi connectivity index (χ0n) is 11.7. The molecule has 0 aromatic heterocycles. The van der Waals surface area contributed by atoms with Gasteiger partial charge >= 0.3 is 0 Å². The van der Waals surface area contributed by atoms with Crippen LogP contribution < -0.4 is 5.32 Å². The van der Waals surface area contributed by atoms with Crippen molar-refractivity contribution in [3.05, 3.63) is 0 Å². The van der Waals surface area contributed by atoms with Gasteiger partial charge in [0.25, 0.3) is 0 Å². The van der Waals surface area contributed by atoms with Gasteiger partial charge in [-0.1, -0.05) is 0 Å². The van der Waals surface area contributed by atoms with E-state index in [-0.39, 0.29) is 5.91 Å². The third-order valence-corrected chi connectivity index (χ3v) is 4.12. The number of likely N-dealkylation sites (N-methyl/N-ethyl adjacent to an activating group) is 1. The van der Waals surface area contributed by atoms with Crippen LogP contribution in [-0.4, -0.2) is 86.6 Å². The smallest absolute Gasteiger partial charge is 0.236 e. The number of nitrogens with zero attached hydrogens (tertiary/aromatic N) is 3. The Hall–Kier alpha value is -0.650. The highest BCUT2D eigenvalue weighted by atomic mass is 16.2. The van der Waals surface area contributed by atoms with Crippen LogP contribution in [0.25, 0.3) is 0 Å². The van der Waals surface area contributed by atoms with Gasteiger partial charge in [-0.05, 0) is 40.0 Å². The summed E-state index contributed by atoms with van der Waals surface area (Å²) in [6.07, 6.45) is 2.32. The number of rotatable bonds is 3. The molecule has 18 heavy (non-hydrogen) atoms. The number of piperidine rings is 1. The summed E-state index contributed by atoms with van der Waals surface area (Å²) in [4.78, 5) is 18.7. The number of carbonyl (C=O) groups is 1. The zero-order valence-corrected chi connectivity index (χ0v) is 11.7. The fourth-order valence-electron chi connectivity index (χ4n) is 2.61. The second kappa shape index (κ2) is 6.50. The molecule has 0 aromatic carbocycles. The minimum atomic E-state index is 0.266. The number of hydrogen-bond donors (Lipinski definition) is 1. The van der Waals surface area contributed by atoms with Gasteiger partial charge in [-0.15, -0.1) is 0 Å². The van der Waals surface area contributed by atoms with E-state index < -0.39 is 0 Å². The minimum Gasteiger partial charge on any atom is -0.339 e. The van der Waals surface area contributed by atoms with Crippen LogP contribution in [0.5, 0.6) is 0 Å². The molecule has 0 bridgehead atoms. The fourth-order valence-corrected chi connectivity index (χ4v) is 2.61. The quantitative estimate of drug-likeness (QED) is 0.733. The lowest BCUT2D eigenvalue weighted by atomic mass is 10.1. The van der Waals surface area contributed by atoms with Gasteiger partial charge in [0.05, 0.1) is 6.54 Å². The predicted molar refractivity (Wildman–Crippen MR) is 72.6 cm³/mol. The first-order chi connectivity index (χ1) is 8.65. The molecule has 2 fully saturated rings. The van der Waals surface area contributed by atoms with Crippen LogP contribution in [0, 0.1) is 0 Å². The molecule has 0 aliphatic carbocycles. The molecule has 5 nitrogen and oxygen atoms in total. The van der Waals surface area contributed by atoms with E-state index in [1.54, 1.807) is 0 Å². The lowest BCUT2D eigenvalue weighted by Gasteiger charge is -2.34. The van der Waals surface area contributed by atoms with Crippen molar-refractivity contribution in [3.8, 4) is 0 Å². The first-order valence-corrected chi connectivity index (χ1v) is 7.03. The van der Waals surface area contributed by atoms with Crippen molar-refractivity contribution in [2.45, 2.75) is 18.9 Å². The SMILES string of the molecule is CN1CCC(NCC(=O)N2CCN(C)CC2)CC1. The average Bonchev–Trinajstić information content (AvgIpc) is 2.38. The monoisotopic (exact) mass is 254 g/mol. The lowest BCUT2D eigenvalue weighted by molar-refractivity contribution is -0.132. The number of piperazine rings is 1. The maximum absolute atomic E-state index is 12.0. The molecule has 0 unspecified atom stereocenters. The standard InChI is InChI=1S/C13H26N4O/c1-15-5-3-12(4-6-15)14-11-13(18)17-9-7-16(2)8-10-17/h12,14H,3-11H2,1-2H3. The third kappa shape index (κ3) is 3.93. The number of carbonyl (C=O) groups excluding carboxylic acids is 1. The van der Waals surface area contributed by atoms with E-state index in [0.717, 1.165) is 52.1 Å². The first kappa shape index (κ1) is 13.8. The molecule has 2 saturated heterocycles. The summed E-state index contributed by atoms with van der Waals surface area (Å²) < 4.78 is 0. The molecule has 104 valence electrons. The van der Waals surface area contributed by atoms with Crippen LogP contribution >= 0.6 is 0 Å². The number of hydrogen-bond acceptors (Lipinski definition) is 4. The summed E-state index contributed by atoms with van der Waals surface area (Å²) in [7, 11) is 4.27. The molecule has 2 rings (SSSR count). The molecule has 1 N–H and O–H groups in total. The van der Waals surface area contributed by atoms with E-state index in [2.05, 4.69) is 29.2 Å². The van der Waals surface area contributed by atoms with Gasteiger partial charge in [0.15, 0.2) is 0 Å². The number of likely N-dealkylation sites (tertiary alicyclic amines) is 1. The summed E-state index contributed by atoms with van der Waals surface area (Å²) in [6.45, 7) is 6.55. The molecule has 1 amide bonds. The first-order valence-electron chi connectivity index (χ1n) is 7.03. The fraction of sp³-hybridized carbons (Fsp3) is 0.923. The summed E-state index contributed by atoms with van der Waals surface area (Å²) in [6, 6.07) is 0.526. The van der Waals surface area contributed by atoms with Gasteiger partial charge in [0, 0.05) is 32.2 Å². The lowest BCUT2D eigenvalue weighted by Crippen LogP contribution is -2.51. The maximum atomic E-state index is 12.0. The summed E-state index contributed by atoms with van der Waals surface area (Å²) in [5.41, 5.74) is 0. The van der Waals surface area contributed by atoms with Crippen molar-refractivity contribution in [1.29, 1.82) is 0 Å². The minimum absolute atomic E-state index is 0.266. The molecule has 0 aromatic rings. The van der Waals surface area contributed by atoms with Gasteiger partial charge in [-0.2, -0.15) is 0 Å². The van der Waals surface area contributed by atoms with E-state index in [1.807, 2.05) is 4.90 Å². The molecule has 2 aliphatic heterocycles. The highest BCUT2D eigenvalue weighted by Gasteiger charge is 2.21. The maximum Gasteiger partial charge on any atom is 0.236 e. The van der Waals surface area contributed by atoms with E-state index in [9.17, 15) is 4.79 Å². The van der Waals surface area contributed by atoms with E-state index in [4.69, 9.17) is 0 Å². The van der Waals surface area contributed by atoms with Crippen LogP contribution in [0.3, 0.4) is 0 Å². The second-order valence-corrected chi connectivity index (χ2v) is 5.64. The van der Waals surface area contributed by atoms with Crippen molar-refractivity contribution in [2.24, 2.45) is 0 Å². The molecule has 0 spiro atoms. The van der Waals surface area contributed by atoms with Gasteiger partial charge < -0.3 is 20.0 Å². The summed E-state index contributed by atoms with van der Waals surface area (Å²) in [5, 5.41) is 3.42. The van der Waals surface area contributed by atoms with Gasteiger partial charge in [0.2, 0.25) is 5.91 Å². The summed E-state index contributed by atoms with van der Waals surface area (Å²) >= 11 is 0. The van der Waals surface area contributed by atoms with Crippen LogP contribution in [0.1, 0.15) is 12.8 Å². The number of nitrogens with one attached hydrogen (secondary N) is 1. The van der Waals surface area contributed by atoms with E-state index >= 15 is 0 Å². The molecule has 2 aliphatic rings. The highest BCUT2D eigenvalue weighted by molar-refractivity contribution is 5.78. The van der Waals surface area contributed by atoms with Crippen molar-refractivity contribution in [2.75, 3.05) is 59.9 Å². The molecular formula is C13H26N4O. The summed E-state index contributed by atoms with van der Waals surface area (Å²) in [5.74, 6) is 0.266. The largest absolute Gasteiger partial charge is 0.339 e.